The Morgan fingerprint density at radius 2 is 1.83 bits per heavy atom. The predicted octanol–water partition coefficient (Wildman–Crippen LogP) is -0.377. The van der Waals surface area contributed by atoms with Gasteiger partial charge in [-0.2, -0.15) is 6.08 Å². The Hall–Kier alpha value is 0.600. The zero-order valence-electron chi connectivity index (χ0n) is 14.5. The van der Waals surface area contributed by atoms with Gasteiger partial charge in [0.05, 0.1) is 8.07 Å². The summed E-state index contributed by atoms with van der Waals surface area (Å²) in [6.45, 7) is 11.5. The van der Waals surface area contributed by atoms with E-state index in [-0.39, 0.29) is 24.8 Å². The van der Waals surface area contributed by atoms with Crippen molar-refractivity contribution < 1.29 is 49.0 Å². The van der Waals surface area contributed by atoms with Crippen molar-refractivity contribution in [3.63, 3.8) is 0 Å². The maximum atomic E-state index is 2.99. The van der Waals surface area contributed by atoms with Crippen LogP contribution in [0.3, 0.4) is 0 Å². The largest absolute Gasteiger partial charge is 1.00 e. The molecule has 23 heavy (non-hydrogen) atoms. The number of halogens is 2. The minimum absolute atomic E-state index is 0. The summed E-state index contributed by atoms with van der Waals surface area (Å²) in [5.74, 6) is 0.636. The van der Waals surface area contributed by atoms with Gasteiger partial charge < -0.3 is 24.8 Å². The van der Waals surface area contributed by atoms with E-state index in [1.165, 1.54) is 8.11 Å². The molecule has 1 atom stereocenters. The molecule has 0 fully saturated rings. The van der Waals surface area contributed by atoms with Gasteiger partial charge in [-0.05, 0) is 9.43 Å². The molecule has 0 aromatic rings. The molecule has 0 nitrogen and oxygen atoms in total. The van der Waals surface area contributed by atoms with E-state index in [9.17, 15) is 0 Å². The first-order valence-corrected chi connectivity index (χ1v) is 12.9. The second-order valence-electron chi connectivity index (χ2n) is 6.37. The molecular weight excluding hydrogens is 438 g/mol. The van der Waals surface area contributed by atoms with Crippen molar-refractivity contribution in [1.82, 2.24) is 0 Å². The molecule has 1 aliphatic heterocycles. The summed E-state index contributed by atoms with van der Waals surface area (Å²) >= 11 is 3.56. The van der Waals surface area contributed by atoms with E-state index in [1.807, 2.05) is 23.9 Å². The Labute approximate surface area is 174 Å². The SMILES string of the molecule is C[C](C)=[Zr+2].C[Si](C)(C)C1=CC2C=CC=C2S1.[C-]1=CC=CC1.[Cl-].[Cl-]. The Morgan fingerprint density at radius 3 is 2.17 bits per heavy atom. The van der Waals surface area contributed by atoms with Crippen LogP contribution in [-0.2, 0) is 24.2 Å². The molecule has 3 aliphatic rings. The second kappa shape index (κ2) is 12.9. The van der Waals surface area contributed by atoms with Gasteiger partial charge in [0, 0.05) is 5.92 Å². The van der Waals surface area contributed by atoms with Crippen LogP contribution < -0.4 is 24.8 Å². The topological polar surface area (TPSA) is 0 Å². The summed E-state index contributed by atoms with van der Waals surface area (Å²) in [6.07, 6.45) is 19.2. The summed E-state index contributed by atoms with van der Waals surface area (Å²) in [5.41, 5.74) is 0. The van der Waals surface area contributed by atoms with Crippen molar-refractivity contribution in [2.45, 2.75) is 39.9 Å². The van der Waals surface area contributed by atoms with E-state index in [4.69, 9.17) is 0 Å². The Kier molecular flexibility index (Phi) is 14.5. The first-order chi connectivity index (χ1) is 9.80. The minimum Gasteiger partial charge on any atom is -1.00 e. The molecule has 0 saturated carbocycles. The van der Waals surface area contributed by atoms with Gasteiger partial charge in [-0.15, -0.1) is 18.2 Å². The Bertz CT molecular complexity index is 512. The van der Waals surface area contributed by atoms with Crippen LogP contribution in [-0.4, -0.2) is 11.3 Å². The second-order valence-corrected chi connectivity index (χ2v) is 15.3. The molecule has 0 amide bonds. The first kappa shape index (κ1) is 25.8. The number of hydrogen-bond donors (Lipinski definition) is 0. The summed E-state index contributed by atoms with van der Waals surface area (Å²) in [4.78, 5) is 1.53. The molecule has 3 rings (SSSR count). The quantitative estimate of drug-likeness (QED) is 0.378. The van der Waals surface area contributed by atoms with Gasteiger partial charge >= 0.3 is 41.3 Å². The molecular formula is C18H25Cl2SSiZr-. The van der Waals surface area contributed by atoms with Crippen molar-refractivity contribution >= 4 is 23.0 Å². The van der Waals surface area contributed by atoms with Crippen LogP contribution in [0.1, 0.15) is 20.3 Å². The van der Waals surface area contributed by atoms with Crippen molar-refractivity contribution in [1.29, 1.82) is 0 Å². The minimum atomic E-state index is -1.04. The molecule has 0 aromatic heterocycles. The zero-order valence-corrected chi connectivity index (χ0v) is 20.3. The molecule has 0 saturated heterocycles. The van der Waals surface area contributed by atoms with E-state index in [0.29, 0.717) is 5.92 Å². The molecule has 0 spiro atoms. The Balaban J connectivity index is 0. The maximum absolute atomic E-state index is 2.99. The standard InChI is InChI=1S/C10H14SSi.C5H5.C3H6.2ClH.Zr/c1-12(2,3)10-7-8-5-4-6-9(8)11-10;1-2-4-5-3-1;1-3-2;;;/h4-8H,1-3H3;1-3H,4H2;1-2H3;2*1H;/q;-1;;;;+2/p-2. The van der Waals surface area contributed by atoms with Gasteiger partial charge in [0.1, 0.15) is 0 Å². The molecule has 126 valence electrons. The molecule has 0 radical (unpaired) electrons. The number of fused-ring (bicyclic) bond motifs is 1. The first-order valence-electron chi connectivity index (χ1n) is 7.32. The third-order valence-corrected chi connectivity index (χ3v) is 7.58. The van der Waals surface area contributed by atoms with Gasteiger partial charge in [-0.3, -0.25) is 6.08 Å². The fraction of sp³-hybridized carbons (Fsp3) is 0.389. The van der Waals surface area contributed by atoms with Gasteiger partial charge in [0.2, 0.25) is 0 Å². The third-order valence-electron chi connectivity index (χ3n) is 2.79. The van der Waals surface area contributed by atoms with E-state index in [2.05, 4.69) is 69.9 Å². The van der Waals surface area contributed by atoms with Gasteiger partial charge in [0.25, 0.3) is 0 Å². The fourth-order valence-corrected chi connectivity index (χ4v) is 4.94. The summed E-state index contributed by atoms with van der Waals surface area (Å²) in [7, 11) is -1.04. The van der Waals surface area contributed by atoms with Gasteiger partial charge in [0.15, 0.2) is 0 Å². The van der Waals surface area contributed by atoms with E-state index < -0.39 is 8.07 Å². The third kappa shape index (κ3) is 10.9. The number of thioether (sulfide) groups is 1. The van der Waals surface area contributed by atoms with E-state index in [1.54, 1.807) is 28.8 Å². The number of hydrogen-bond acceptors (Lipinski definition) is 1. The average Bonchev–Trinajstić information content (AvgIpc) is 3.06. The van der Waals surface area contributed by atoms with Crippen LogP contribution in [0, 0.1) is 12.0 Å². The van der Waals surface area contributed by atoms with Crippen LogP contribution in [0.5, 0.6) is 0 Å². The van der Waals surface area contributed by atoms with Gasteiger partial charge in [-0.25, -0.2) is 12.2 Å². The van der Waals surface area contributed by atoms with Gasteiger partial charge in [-0.1, -0.05) is 43.9 Å². The molecule has 0 N–H and O–H groups in total. The summed E-state index contributed by atoms with van der Waals surface area (Å²) < 4.78 is 3.16. The summed E-state index contributed by atoms with van der Waals surface area (Å²) in [6, 6.07) is 0. The van der Waals surface area contributed by atoms with Crippen molar-refractivity contribution in [3.05, 3.63) is 58.0 Å². The predicted molar refractivity (Wildman–Crippen MR) is 97.7 cm³/mol. The van der Waals surface area contributed by atoms with Crippen molar-refractivity contribution in [2.75, 3.05) is 0 Å². The van der Waals surface area contributed by atoms with Crippen molar-refractivity contribution in [2.24, 2.45) is 5.92 Å². The molecule has 1 heterocycles. The monoisotopic (exact) mass is 461 g/mol. The maximum Gasteiger partial charge on any atom is 0.0858 e. The molecule has 5 heteroatoms. The average molecular weight is 464 g/mol. The van der Waals surface area contributed by atoms with Crippen LogP contribution in [0.2, 0.25) is 19.6 Å². The number of allylic oxidation sites excluding steroid dienone is 9. The zero-order chi connectivity index (χ0) is 15.9. The van der Waals surface area contributed by atoms with E-state index >= 15 is 0 Å². The normalized spacial score (nSPS) is 19.2. The molecule has 0 bridgehead atoms. The Morgan fingerprint density at radius 1 is 1.22 bits per heavy atom. The van der Waals surface area contributed by atoms with Crippen LogP contribution in [0.15, 0.2) is 52.0 Å². The van der Waals surface area contributed by atoms with Crippen LogP contribution in [0.4, 0.5) is 0 Å². The van der Waals surface area contributed by atoms with Crippen LogP contribution in [0.25, 0.3) is 0 Å². The van der Waals surface area contributed by atoms with Crippen LogP contribution >= 0.6 is 11.8 Å². The molecule has 0 aromatic carbocycles. The molecule has 2 aliphatic carbocycles. The van der Waals surface area contributed by atoms with E-state index in [0.717, 1.165) is 6.42 Å². The van der Waals surface area contributed by atoms with Crippen molar-refractivity contribution in [3.8, 4) is 0 Å². The number of rotatable bonds is 1. The molecule has 1 unspecified atom stereocenters. The fourth-order valence-electron chi connectivity index (χ4n) is 1.78. The smallest absolute Gasteiger partial charge is 0.0858 e. The summed E-state index contributed by atoms with van der Waals surface area (Å²) in [5, 5.41) is 0.